The molecule has 21 heavy (non-hydrogen) atoms. The Morgan fingerprint density at radius 3 is 2.52 bits per heavy atom. The van der Waals surface area contributed by atoms with Gasteiger partial charge in [-0.25, -0.2) is 8.42 Å². The summed E-state index contributed by atoms with van der Waals surface area (Å²) in [6.07, 6.45) is 1.02. The van der Waals surface area contributed by atoms with Crippen LogP contribution in [-0.2, 0) is 10.0 Å². The van der Waals surface area contributed by atoms with Crippen LogP contribution in [0.2, 0.25) is 0 Å². The number of hydrogen-bond acceptors (Lipinski definition) is 5. The molecule has 0 amide bonds. The molecule has 1 unspecified atom stereocenters. The molecule has 0 aromatic heterocycles. The predicted octanol–water partition coefficient (Wildman–Crippen LogP) is 2.18. The van der Waals surface area contributed by atoms with E-state index in [1.807, 2.05) is 13.0 Å². The summed E-state index contributed by atoms with van der Waals surface area (Å²) >= 11 is 0. The minimum Gasteiger partial charge on any atom is -0.258 e. The third-order valence-corrected chi connectivity index (χ3v) is 4.73. The SMILES string of the molecule is CCCC(C#N)NS(=O)(=O)c1cc([N+](=O)[O-])cc(C)c1C. The van der Waals surface area contributed by atoms with E-state index in [0.29, 0.717) is 24.0 Å². The molecule has 0 spiro atoms. The van der Waals surface area contributed by atoms with Crippen LogP contribution < -0.4 is 4.72 Å². The van der Waals surface area contributed by atoms with Gasteiger partial charge in [0.25, 0.3) is 5.69 Å². The standard InChI is InChI=1S/C13H17N3O4S/c1-4-5-11(8-14)15-21(19,20)13-7-12(16(17)18)6-9(2)10(13)3/h6-7,11,15H,4-5H2,1-3H3. The number of aryl methyl sites for hydroxylation is 1. The number of nitro benzene ring substituents is 1. The van der Waals surface area contributed by atoms with E-state index < -0.39 is 21.0 Å². The Morgan fingerprint density at radius 2 is 2.05 bits per heavy atom. The van der Waals surface area contributed by atoms with Crippen molar-refractivity contribution in [1.29, 1.82) is 5.26 Å². The van der Waals surface area contributed by atoms with Crippen LogP contribution in [0.15, 0.2) is 17.0 Å². The lowest BCUT2D eigenvalue weighted by Gasteiger charge is -2.14. The maximum Gasteiger partial charge on any atom is 0.271 e. The van der Waals surface area contributed by atoms with Crippen LogP contribution in [0, 0.1) is 35.3 Å². The van der Waals surface area contributed by atoms with Gasteiger partial charge in [-0.05, 0) is 31.4 Å². The third kappa shape index (κ3) is 4.00. The van der Waals surface area contributed by atoms with Crippen molar-refractivity contribution in [3.63, 3.8) is 0 Å². The zero-order valence-corrected chi connectivity index (χ0v) is 12.9. The number of hydrogen-bond donors (Lipinski definition) is 1. The van der Waals surface area contributed by atoms with E-state index in [1.165, 1.54) is 6.07 Å². The molecule has 0 aliphatic carbocycles. The topological polar surface area (TPSA) is 113 Å². The molecule has 1 N–H and O–H groups in total. The summed E-state index contributed by atoms with van der Waals surface area (Å²) in [5, 5.41) is 19.8. The molecule has 0 fully saturated rings. The molecule has 0 saturated carbocycles. The molecule has 0 saturated heterocycles. The van der Waals surface area contributed by atoms with E-state index in [-0.39, 0.29) is 10.6 Å². The third-order valence-electron chi connectivity index (χ3n) is 3.14. The van der Waals surface area contributed by atoms with E-state index in [4.69, 9.17) is 5.26 Å². The first-order valence-electron chi connectivity index (χ1n) is 6.40. The average Bonchev–Trinajstić information content (AvgIpc) is 2.40. The number of nitro groups is 1. The lowest BCUT2D eigenvalue weighted by atomic mass is 10.1. The van der Waals surface area contributed by atoms with Gasteiger partial charge in [0.1, 0.15) is 6.04 Å². The maximum absolute atomic E-state index is 12.3. The molecule has 1 rings (SSSR count). The van der Waals surface area contributed by atoms with Gasteiger partial charge >= 0.3 is 0 Å². The quantitative estimate of drug-likeness (QED) is 0.639. The van der Waals surface area contributed by atoms with Gasteiger partial charge in [-0.2, -0.15) is 9.98 Å². The molecular formula is C13H17N3O4S. The van der Waals surface area contributed by atoms with Crippen LogP contribution >= 0.6 is 0 Å². The number of sulfonamides is 1. The fourth-order valence-electron chi connectivity index (χ4n) is 1.88. The second-order valence-electron chi connectivity index (χ2n) is 4.73. The highest BCUT2D eigenvalue weighted by atomic mass is 32.2. The van der Waals surface area contributed by atoms with Gasteiger partial charge in [0.2, 0.25) is 10.0 Å². The largest absolute Gasteiger partial charge is 0.271 e. The monoisotopic (exact) mass is 311 g/mol. The lowest BCUT2D eigenvalue weighted by Crippen LogP contribution is -2.34. The van der Waals surface area contributed by atoms with Crippen molar-refractivity contribution in [2.75, 3.05) is 0 Å². The summed E-state index contributed by atoms with van der Waals surface area (Å²) in [5.74, 6) is 0. The van der Waals surface area contributed by atoms with Crippen LogP contribution in [0.3, 0.4) is 0 Å². The smallest absolute Gasteiger partial charge is 0.258 e. The molecule has 1 atom stereocenters. The van der Waals surface area contributed by atoms with Crippen molar-refractivity contribution < 1.29 is 13.3 Å². The highest BCUT2D eigenvalue weighted by Gasteiger charge is 2.24. The first kappa shape index (κ1) is 17.1. The summed E-state index contributed by atoms with van der Waals surface area (Å²) < 4.78 is 27.0. The van der Waals surface area contributed by atoms with Crippen molar-refractivity contribution >= 4 is 15.7 Å². The van der Waals surface area contributed by atoms with Crippen LogP contribution in [0.1, 0.15) is 30.9 Å². The Hall–Kier alpha value is -1.98. The number of nitrogens with one attached hydrogen (secondary N) is 1. The van der Waals surface area contributed by atoms with Gasteiger partial charge in [0, 0.05) is 12.1 Å². The van der Waals surface area contributed by atoms with Gasteiger partial charge < -0.3 is 0 Å². The van der Waals surface area contributed by atoms with E-state index in [0.717, 1.165) is 6.07 Å². The lowest BCUT2D eigenvalue weighted by molar-refractivity contribution is -0.385. The Bertz CT molecular complexity index is 692. The van der Waals surface area contributed by atoms with Gasteiger partial charge in [-0.15, -0.1) is 0 Å². The molecule has 0 radical (unpaired) electrons. The van der Waals surface area contributed by atoms with E-state index in [1.54, 1.807) is 13.8 Å². The highest BCUT2D eigenvalue weighted by molar-refractivity contribution is 7.89. The summed E-state index contributed by atoms with van der Waals surface area (Å²) in [5.41, 5.74) is 0.650. The van der Waals surface area contributed by atoms with Crippen molar-refractivity contribution in [3.8, 4) is 6.07 Å². The van der Waals surface area contributed by atoms with Crippen LogP contribution in [0.5, 0.6) is 0 Å². The molecule has 0 aliphatic heterocycles. The van der Waals surface area contributed by atoms with Crippen LogP contribution in [-0.4, -0.2) is 19.4 Å². The fraction of sp³-hybridized carbons (Fsp3) is 0.462. The van der Waals surface area contributed by atoms with Crippen molar-refractivity contribution in [2.45, 2.75) is 44.6 Å². The molecule has 0 aliphatic rings. The molecule has 0 heterocycles. The average molecular weight is 311 g/mol. The first-order chi connectivity index (χ1) is 9.72. The number of benzene rings is 1. The molecule has 8 heteroatoms. The summed E-state index contributed by atoms with van der Waals surface area (Å²) in [7, 11) is -3.98. The molecule has 1 aromatic rings. The van der Waals surface area contributed by atoms with Crippen molar-refractivity contribution in [1.82, 2.24) is 4.72 Å². The summed E-state index contributed by atoms with van der Waals surface area (Å²) in [6.45, 7) is 5.02. The summed E-state index contributed by atoms with van der Waals surface area (Å²) in [4.78, 5) is 10.1. The van der Waals surface area contributed by atoms with Gasteiger partial charge in [0.05, 0.1) is 15.9 Å². The second kappa shape index (κ2) is 6.65. The minimum absolute atomic E-state index is 0.162. The summed E-state index contributed by atoms with van der Waals surface area (Å²) in [6, 6.07) is 3.37. The Labute approximate surface area is 123 Å². The zero-order valence-electron chi connectivity index (χ0n) is 12.1. The first-order valence-corrected chi connectivity index (χ1v) is 7.88. The zero-order chi connectivity index (χ0) is 16.2. The number of non-ortho nitro benzene ring substituents is 1. The number of nitrogens with zero attached hydrogens (tertiary/aromatic N) is 2. The van der Waals surface area contributed by atoms with Crippen LogP contribution in [0.4, 0.5) is 5.69 Å². The van der Waals surface area contributed by atoms with Crippen molar-refractivity contribution in [3.05, 3.63) is 33.4 Å². The van der Waals surface area contributed by atoms with E-state index in [9.17, 15) is 18.5 Å². The van der Waals surface area contributed by atoms with Gasteiger partial charge in [0.15, 0.2) is 0 Å². The Balaban J connectivity index is 3.31. The van der Waals surface area contributed by atoms with Gasteiger partial charge in [-0.3, -0.25) is 10.1 Å². The van der Waals surface area contributed by atoms with E-state index in [2.05, 4.69) is 4.72 Å². The van der Waals surface area contributed by atoms with E-state index >= 15 is 0 Å². The Morgan fingerprint density at radius 1 is 1.43 bits per heavy atom. The van der Waals surface area contributed by atoms with Crippen LogP contribution in [0.25, 0.3) is 0 Å². The molecule has 0 bridgehead atoms. The molecule has 1 aromatic carbocycles. The maximum atomic E-state index is 12.3. The molecule has 114 valence electrons. The van der Waals surface area contributed by atoms with Gasteiger partial charge in [-0.1, -0.05) is 13.3 Å². The highest BCUT2D eigenvalue weighted by Crippen LogP contribution is 2.25. The normalized spacial score (nSPS) is 12.7. The van der Waals surface area contributed by atoms with Crippen molar-refractivity contribution in [2.24, 2.45) is 0 Å². The Kier molecular flexibility index (Phi) is 5.41. The number of nitriles is 1. The minimum atomic E-state index is -3.98. The molecular weight excluding hydrogens is 294 g/mol. The fourth-order valence-corrected chi connectivity index (χ4v) is 3.39. The predicted molar refractivity (Wildman–Crippen MR) is 77.2 cm³/mol. The molecule has 7 nitrogen and oxygen atoms in total. The second-order valence-corrected chi connectivity index (χ2v) is 6.42. The number of rotatable bonds is 6.